The molecule has 0 radical (unpaired) electrons. The molecular weight excluding hydrogens is 378 g/mol. The summed E-state index contributed by atoms with van der Waals surface area (Å²) in [6.07, 6.45) is 0. The van der Waals surface area contributed by atoms with Gasteiger partial charge in [-0.2, -0.15) is 0 Å². The molecule has 0 bridgehead atoms. The third-order valence-corrected chi connectivity index (χ3v) is 5.00. The molecule has 1 amide bonds. The lowest BCUT2D eigenvalue weighted by atomic mass is 10.2. The van der Waals surface area contributed by atoms with Gasteiger partial charge in [-0.15, -0.1) is 10.2 Å². The van der Waals surface area contributed by atoms with Gasteiger partial charge in [-0.05, 0) is 29.8 Å². The molecule has 0 saturated heterocycles. The van der Waals surface area contributed by atoms with Crippen LogP contribution in [0.3, 0.4) is 0 Å². The fraction of sp³-hybridized carbons (Fsp3) is 0.250. The number of ether oxygens (including phenoxy) is 2. The number of carbonyl (C=O) groups is 1. The van der Waals surface area contributed by atoms with Crippen molar-refractivity contribution in [1.29, 1.82) is 0 Å². The van der Waals surface area contributed by atoms with E-state index in [1.807, 2.05) is 48.5 Å². The molecule has 28 heavy (non-hydrogen) atoms. The summed E-state index contributed by atoms with van der Waals surface area (Å²) in [7, 11) is 1.77. The smallest absolute Gasteiger partial charge is 0.277 e. The second kappa shape index (κ2) is 8.35. The molecule has 7 nitrogen and oxygen atoms in total. The van der Waals surface area contributed by atoms with Crippen molar-refractivity contribution in [1.82, 2.24) is 15.1 Å². The average molecular weight is 397 g/mol. The van der Waals surface area contributed by atoms with E-state index >= 15 is 0 Å². The van der Waals surface area contributed by atoms with Gasteiger partial charge < -0.3 is 18.8 Å². The van der Waals surface area contributed by atoms with Crippen molar-refractivity contribution in [3.8, 4) is 23.0 Å². The highest BCUT2D eigenvalue weighted by atomic mass is 32.2. The lowest BCUT2D eigenvalue weighted by molar-refractivity contribution is -0.127. The van der Waals surface area contributed by atoms with E-state index in [0.29, 0.717) is 30.9 Å². The van der Waals surface area contributed by atoms with E-state index in [9.17, 15) is 4.79 Å². The molecule has 0 atom stereocenters. The van der Waals surface area contributed by atoms with Gasteiger partial charge in [0.1, 0.15) is 13.2 Å². The molecule has 0 saturated carbocycles. The molecule has 144 valence electrons. The minimum absolute atomic E-state index is 0.0284. The quantitative estimate of drug-likeness (QED) is 0.591. The van der Waals surface area contributed by atoms with Gasteiger partial charge in [-0.1, -0.05) is 36.0 Å². The monoisotopic (exact) mass is 397 g/mol. The van der Waals surface area contributed by atoms with E-state index in [1.54, 1.807) is 11.9 Å². The molecule has 0 unspecified atom stereocenters. The Morgan fingerprint density at radius 1 is 1.07 bits per heavy atom. The zero-order chi connectivity index (χ0) is 19.3. The Morgan fingerprint density at radius 3 is 2.68 bits per heavy atom. The maximum Gasteiger partial charge on any atom is 0.277 e. The zero-order valence-corrected chi connectivity index (χ0v) is 16.1. The number of rotatable bonds is 6. The van der Waals surface area contributed by atoms with E-state index in [1.165, 1.54) is 11.8 Å². The van der Waals surface area contributed by atoms with E-state index in [4.69, 9.17) is 13.9 Å². The molecular formula is C20H19N3O4S. The predicted octanol–water partition coefficient (Wildman–Crippen LogP) is 3.26. The summed E-state index contributed by atoms with van der Waals surface area (Å²) in [6.45, 7) is 1.58. The number of carbonyl (C=O) groups excluding carboxylic acids is 1. The third-order valence-electron chi connectivity index (χ3n) is 4.20. The van der Waals surface area contributed by atoms with Crippen LogP contribution in [0.25, 0.3) is 11.5 Å². The van der Waals surface area contributed by atoms with Gasteiger partial charge in [0.15, 0.2) is 11.5 Å². The lowest BCUT2D eigenvalue weighted by Crippen LogP contribution is -2.27. The fourth-order valence-corrected chi connectivity index (χ4v) is 3.45. The van der Waals surface area contributed by atoms with Crippen molar-refractivity contribution in [2.45, 2.75) is 11.8 Å². The zero-order valence-electron chi connectivity index (χ0n) is 15.3. The first-order valence-electron chi connectivity index (χ1n) is 8.83. The summed E-state index contributed by atoms with van der Waals surface area (Å²) in [4.78, 5) is 14.1. The van der Waals surface area contributed by atoms with Gasteiger partial charge in [0.05, 0.1) is 5.75 Å². The summed E-state index contributed by atoms with van der Waals surface area (Å²) >= 11 is 1.23. The molecule has 0 spiro atoms. The summed E-state index contributed by atoms with van der Waals surface area (Å²) < 4.78 is 16.7. The Hall–Kier alpha value is -3.00. The normalized spacial score (nSPS) is 12.6. The largest absolute Gasteiger partial charge is 0.486 e. The maximum atomic E-state index is 12.4. The highest BCUT2D eigenvalue weighted by Crippen LogP contribution is 2.31. The number of thioether (sulfide) groups is 1. The van der Waals surface area contributed by atoms with Crippen LogP contribution in [0, 0.1) is 0 Å². The highest BCUT2D eigenvalue weighted by Gasteiger charge is 2.16. The Labute approximate surface area is 166 Å². The number of aromatic nitrogens is 2. The van der Waals surface area contributed by atoms with Crippen LogP contribution in [0.15, 0.2) is 58.2 Å². The molecule has 0 fully saturated rings. The topological polar surface area (TPSA) is 77.7 Å². The highest BCUT2D eigenvalue weighted by molar-refractivity contribution is 7.99. The summed E-state index contributed by atoms with van der Waals surface area (Å²) in [5, 5.41) is 8.41. The summed E-state index contributed by atoms with van der Waals surface area (Å²) in [5.74, 6) is 2.10. The second-order valence-corrected chi connectivity index (χ2v) is 7.18. The van der Waals surface area contributed by atoms with Crippen molar-refractivity contribution in [2.75, 3.05) is 26.0 Å². The number of nitrogens with zero attached hydrogens (tertiary/aromatic N) is 3. The SMILES string of the molecule is CN(Cc1ccc2c(c1)OCCO2)C(=O)CSc1nnc(-c2ccccc2)o1. The number of amides is 1. The third kappa shape index (κ3) is 4.28. The number of benzene rings is 2. The lowest BCUT2D eigenvalue weighted by Gasteiger charge is -2.21. The van der Waals surface area contributed by atoms with Crippen molar-refractivity contribution >= 4 is 17.7 Å². The Bertz CT molecular complexity index is 961. The van der Waals surface area contributed by atoms with Crippen LogP contribution in [0.2, 0.25) is 0 Å². The van der Waals surface area contributed by atoms with Gasteiger partial charge in [0.2, 0.25) is 11.8 Å². The number of hydrogen-bond donors (Lipinski definition) is 0. The van der Waals surface area contributed by atoms with Crippen LogP contribution in [-0.2, 0) is 11.3 Å². The van der Waals surface area contributed by atoms with E-state index in [0.717, 1.165) is 22.6 Å². The van der Waals surface area contributed by atoms with E-state index in [2.05, 4.69) is 10.2 Å². The van der Waals surface area contributed by atoms with Crippen LogP contribution in [0.5, 0.6) is 11.5 Å². The molecule has 0 N–H and O–H groups in total. The fourth-order valence-electron chi connectivity index (χ4n) is 2.75. The van der Waals surface area contributed by atoms with E-state index < -0.39 is 0 Å². The maximum absolute atomic E-state index is 12.4. The Morgan fingerprint density at radius 2 is 1.86 bits per heavy atom. The molecule has 2 aromatic carbocycles. The standard InChI is InChI=1S/C20H19N3O4S/c1-23(12-14-7-8-16-17(11-14)26-10-9-25-16)18(24)13-28-20-22-21-19(27-20)15-5-3-2-4-6-15/h2-8,11H,9-10,12-13H2,1H3. The predicted molar refractivity (Wildman–Crippen MR) is 104 cm³/mol. The van der Waals surface area contributed by atoms with E-state index in [-0.39, 0.29) is 11.7 Å². The molecule has 1 aliphatic heterocycles. The first-order valence-corrected chi connectivity index (χ1v) is 9.82. The van der Waals surface area contributed by atoms with Gasteiger partial charge in [0, 0.05) is 19.2 Å². The van der Waals surface area contributed by atoms with Crippen LogP contribution >= 0.6 is 11.8 Å². The van der Waals surface area contributed by atoms with Crippen molar-refractivity contribution in [2.24, 2.45) is 0 Å². The van der Waals surface area contributed by atoms with Gasteiger partial charge in [-0.25, -0.2) is 0 Å². The molecule has 3 aromatic rings. The van der Waals surface area contributed by atoms with Crippen LogP contribution in [0.1, 0.15) is 5.56 Å². The number of fused-ring (bicyclic) bond motifs is 1. The molecule has 8 heteroatoms. The molecule has 2 heterocycles. The van der Waals surface area contributed by atoms with Crippen LogP contribution < -0.4 is 9.47 Å². The Balaban J connectivity index is 1.32. The first-order chi connectivity index (χ1) is 13.7. The van der Waals surface area contributed by atoms with Crippen molar-refractivity contribution < 1.29 is 18.7 Å². The second-order valence-electron chi connectivity index (χ2n) is 6.26. The summed E-state index contributed by atoms with van der Waals surface area (Å²) in [5.41, 5.74) is 1.83. The number of hydrogen-bond acceptors (Lipinski definition) is 7. The molecule has 0 aliphatic carbocycles. The first kappa shape index (κ1) is 18.4. The molecule has 4 rings (SSSR count). The van der Waals surface area contributed by atoms with Crippen molar-refractivity contribution in [3.05, 3.63) is 54.1 Å². The van der Waals surface area contributed by atoms with Gasteiger partial charge in [-0.3, -0.25) is 4.79 Å². The molecule has 1 aliphatic rings. The average Bonchev–Trinajstić information content (AvgIpc) is 3.21. The minimum atomic E-state index is -0.0284. The summed E-state index contributed by atoms with van der Waals surface area (Å²) in [6, 6.07) is 15.3. The van der Waals surface area contributed by atoms with Gasteiger partial charge >= 0.3 is 0 Å². The molecule has 1 aromatic heterocycles. The van der Waals surface area contributed by atoms with Crippen LogP contribution in [-0.4, -0.2) is 47.0 Å². The van der Waals surface area contributed by atoms with Crippen molar-refractivity contribution in [3.63, 3.8) is 0 Å². The Kier molecular flexibility index (Phi) is 5.48. The minimum Gasteiger partial charge on any atom is -0.486 e. The van der Waals surface area contributed by atoms with Gasteiger partial charge in [0.25, 0.3) is 5.22 Å². The van der Waals surface area contributed by atoms with Crippen LogP contribution in [0.4, 0.5) is 0 Å².